The molecule has 0 amide bonds. The van der Waals surface area contributed by atoms with E-state index in [-0.39, 0.29) is 5.82 Å². The van der Waals surface area contributed by atoms with Crippen molar-refractivity contribution in [3.8, 4) is 0 Å². The molecule has 0 saturated carbocycles. The first-order valence-electron chi connectivity index (χ1n) is 5.13. The van der Waals surface area contributed by atoms with Gasteiger partial charge in [0.25, 0.3) is 0 Å². The average Bonchev–Trinajstić information content (AvgIpc) is 2.85. The molecule has 0 radical (unpaired) electrons. The van der Waals surface area contributed by atoms with Crippen molar-refractivity contribution in [2.75, 3.05) is 18.8 Å². The summed E-state index contributed by atoms with van der Waals surface area (Å²) in [7, 11) is 0. The van der Waals surface area contributed by atoms with Crippen LogP contribution in [0.2, 0.25) is 0 Å². The molecule has 3 nitrogen and oxygen atoms in total. The lowest BCUT2D eigenvalue weighted by Crippen LogP contribution is -2.43. The van der Waals surface area contributed by atoms with Gasteiger partial charge in [0.15, 0.2) is 10.9 Å². The summed E-state index contributed by atoms with van der Waals surface area (Å²) >= 11 is 1.55. The van der Waals surface area contributed by atoms with Crippen LogP contribution in [-0.2, 0) is 5.72 Å². The molecule has 5 heteroatoms. The van der Waals surface area contributed by atoms with E-state index in [1.165, 1.54) is 12.1 Å². The maximum absolute atomic E-state index is 12.8. The lowest BCUT2D eigenvalue weighted by atomic mass is 10.0. The van der Waals surface area contributed by atoms with E-state index in [1.54, 1.807) is 23.9 Å². The van der Waals surface area contributed by atoms with E-state index in [1.807, 2.05) is 4.90 Å². The zero-order valence-corrected chi connectivity index (χ0v) is 9.38. The summed E-state index contributed by atoms with van der Waals surface area (Å²) in [5.74, 6) is 0.269. The second-order valence-electron chi connectivity index (χ2n) is 3.93. The summed E-state index contributed by atoms with van der Waals surface area (Å²) in [4.78, 5) is 6.20. The Kier molecular flexibility index (Phi) is 2.19. The zero-order valence-electron chi connectivity index (χ0n) is 8.56. The number of rotatable bonds is 1. The first-order valence-corrected chi connectivity index (χ1v) is 6.12. The molecule has 1 unspecified atom stereocenters. The van der Waals surface area contributed by atoms with E-state index in [2.05, 4.69) is 4.99 Å². The summed E-state index contributed by atoms with van der Waals surface area (Å²) in [6, 6.07) is 6.03. The van der Waals surface area contributed by atoms with Gasteiger partial charge in [-0.1, -0.05) is 23.9 Å². The second kappa shape index (κ2) is 3.46. The molecule has 2 aliphatic heterocycles. The Morgan fingerprint density at radius 1 is 1.38 bits per heavy atom. The van der Waals surface area contributed by atoms with E-state index in [4.69, 9.17) is 0 Å². The molecular formula is C11H11FN2OS. The minimum atomic E-state index is -1.02. The van der Waals surface area contributed by atoms with Crippen molar-refractivity contribution in [3.63, 3.8) is 0 Å². The molecule has 1 aromatic carbocycles. The quantitative estimate of drug-likeness (QED) is 0.803. The third-order valence-corrected chi connectivity index (χ3v) is 4.11. The average molecular weight is 238 g/mol. The number of halogens is 1. The molecule has 0 bridgehead atoms. The van der Waals surface area contributed by atoms with Gasteiger partial charge in [-0.2, -0.15) is 0 Å². The number of hydrogen-bond donors (Lipinski definition) is 1. The summed E-state index contributed by atoms with van der Waals surface area (Å²) in [6.45, 7) is 1.46. The number of hydrogen-bond acceptors (Lipinski definition) is 4. The standard InChI is InChI=1S/C11H11FN2OS/c12-9-3-1-8(2-4-9)11(15)7-16-10-13-5-6-14(10)11/h1-4,15H,5-7H2. The molecule has 1 atom stereocenters. The van der Waals surface area contributed by atoms with Crippen LogP contribution in [0.15, 0.2) is 29.3 Å². The van der Waals surface area contributed by atoms with E-state index in [0.29, 0.717) is 5.75 Å². The summed E-state index contributed by atoms with van der Waals surface area (Å²) in [5, 5.41) is 11.5. The first kappa shape index (κ1) is 10.1. The van der Waals surface area contributed by atoms with E-state index < -0.39 is 5.72 Å². The molecule has 16 heavy (non-hydrogen) atoms. The molecule has 1 N–H and O–H groups in total. The molecule has 1 aromatic rings. The van der Waals surface area contributed by atoms with Crippen LogP contribution in [0.3, 0.4) is 0 Å². The van der Waals surface area contributed by atoms with Gasteiger partial charge in [-0.25, -0.2) is 4.39 Å². The fourth-order valence-corrected chi connectivity index (χ4v) is 3.33. The molecule has 2 aliphatic rings. The first-order chi connectivity index (χ1) is 7.70. The van der Waals surface area contributed by atoms with E-state index in [9.17, 15) is 9.50 Å². The van der Waals surface area contributed by atoms with Crippen molar-refractivity contribution < 1.29 is 9.50 Å². The maximum Gasteiger partial charge on any atom is 0.175 e. The number of thioether (sulfide) groups is 1. The molecule has 0 spiro atoms. The van der Waals surface area contributed by atoms with E-state index in [0.717, 1.165) is 23.8 Å². The lowest BCUT2D eigenvalue weighted by molar-refractivity contribution is -0.0426. The second-order valence-corrected chi connectivity index (χ2v) is 4.87. The van der Waals surface area contributed by atoms with Crippen LogP contribution in [0.1, 0.15) is 5.56 Å². The smallest absolute Gasteiger partial charge is 0.175 e. The van der Waals surface area contributed by atoms with Crippen molar-refractivity contribution >= 4 is 16.9 Å². The molecule has 0 aliphatic carbocycles. The van der Waals surface area contributed by atoms with Gasteiger partial charge in [-0.3, -0.25) is 4.99 Å². The highest BCUT2D eigenvalue weighted by Crippen LogP contribution is 2.40. The number of amidine groups is 1. The molecule has 1 fully saturated rings. The fourth-order valence-electron chi connectivity index (χ4n) is 2.09. The maximum atomic E-state index is 12.8. The Balaban J connectivity index is 1.99. The molecule has 2 heterocycles. The van der Waals surface area contributed by atoms with Gasteiger partial charge < -0.3 is 10.0 Å². The highest BCUT2D eigenvalue weighted by molar-refractivity contribution is 8.14. The van der Waals surface area contributed by atoms with Crippen molar-refractivity contribution in [2.24, 2.45) is 4.99 Å². The Hall–Kier alpha value is -1.07. The summed E-state index contributed by atoms with van der Waals surface area (Å²) in [5.41, 5.74) is -0.290. The summed E-state index contributed by atoms with van der Waals surface area (Å²) < 4.78 is 12.8. The molecule has 0 aromatic heterocycles. The number of aliphatic hydroxyl groups is 1. The Bertz CT molecular complexity index is 448. The predicted octanol–water partition coefficient (Wildman–Crippen LogP) is 1.39. The van der Waals surface area contributed by atoms with Crippen molar-refractivity contribution in [2.45, 2.75) is 5.72 Å². The fraction of sp³-hybridized carbons (Fsp3) is 0.364. The van der Waals surface area contributed by atoms with Crippen LogP contribution in [0.4, 0.5) is 4.39 Å². The largest absolute Gasteiger partial charge is 0.366 e. The van der Waals surface area contributed by atoms with Crippen LogP contribution in [-0.4, -0.2) is 34.0 Å². The van der Waals surface area contributed by atoms with Crippen molar-refractivity contribution in [3.05, 3.63) is 35.6 Å². The minimum absolute atomic E-state index is 0.284. The number of aliphatic imine (C=N–C) groups is 1. The van der Waals surface area contributed by atoms with Gasteiger partial charge in [0.1, 0.15) is 5.82 Å². The van der Waals surface area contributed by atoms with Gasteiger partial charge in [0.05, 0.1) is 12.3 Å². The SMILES string of the molecule is OC1(c2ccc(F)cc2)CSC2=NCCN21. The molecule has 1 saturated heterocycles. The van der Waals surface area contributed by atoms with Gasteiger partial charge in [0, 0.05) is 12.1 Å². The highest BCUT2D eigenvalue weighted by atomic mass is 32.2. The van der Waals surface area contributed by atoms with Gasteiger partial charge in [0.2, 0.25) is 0 Å². The normalized spacial score (nSPS) is 28.1. The third-order valence-electron chi connectivity index (χ3n) is 2.96. The topological polar surface area (TPSA) is 35.8 Å². The lowest BCUT2D eigenvalue weighted by Gasteiger charge is -2.31. The summed E-state index contributed by atoms with van der Waals surface area (Å²) in [6.07, 6.45) is 0. The van der Waals surface area contributed by atoms with Gasteiger partial charge in [-0.15, -0.1) is 0 Å². The Labute approximate surface area is 97.0 Å². The Morgan fingerprint density at radius 3 is 2.88 bits per heavy atom. The molecule has 84 valence electrons. The third kappa shape index (κ3) is 1.35. The van der Waals surface area contributed by atoms with Crippen LogP contribution in [0, 0.1) is 5.82 Å². The highest BCUT2D eigenvalue weighted by Gasteiger charge is 2.46. The van der Waals surface area contributed by atoms with Gasteiger partial charge in [-0.05, 0) is 12.1 Å². The van der Waals surface area contributed by atoms with Gasteiger partial charge >= 0.3 is 0 Å². The predicted molar refractivity (Wildman–Crippen MR) is 61.8 cm³/mol. The van der Waals surface area contributed by atoms with Crippen LogP contribution in [0.5, 0.6) is 0 Å². The van der Waals surface area contributed by atoms with Crippen molar-refractivity contribution in [1.29, 1.82) is 0 Å². The van der Waals surface area contributed by atoms with E-state index >= 15 is 0 Å². The van der Waals surface area contributed by atoms with Crippen LogP contribution >= 0.6 is 11.8 Å². The minimum Gasteiger partial charge on any atom is -0.366 e. The zero-order chi connectivity index (χ0) is 11.2. The monoisotopic (exact) mass is 238 g/mol. The Morgan fingerprint density at radius 2 is 2.12 bits per heavy atom. The van der Waals surface area contributed by atoms with Crippen molar-refractivity contribution in [1.82, 2.24) is 4.90 Å². The number of benzene rings is 1. The van der Waals surface area contributed by atoms with Crippen LogP contribution < -0.4 is 0 Å². The number of fused-ring (bicyclic) bond motifs is 1. The molecule has 3 rings (SSSR count). The molecular weight excluding hydrogens is 227 g/mol. The van der Waals surface area contributed by atoms with Crippen LogP contribution in [0.25, 0.3) is 0 Å². The number of nitrogens with zero attached hydrogens (tertiary/aromatic N) is 2.